The molecule has 2 aliphatic rings. The van der Waals surface area contributed by atoms with Gasteiger partial charge in [-0.2, -0.15) is 0 Å². The van der Waals surface area contributed by atoms with E-state index in [1.807, 2.05) is 0 Å². The first kappa shape index (κ1) is 21.3. The first-order valence-electron chi connectivity index (χ1n) is 9.90. The lowest BCUT2D eigenvalue weighted by atomic mass is 9.67. The van der Waals surface area contributed by atoms with E-state index < -0.39 is 32.7 Å². The summed E-state index contributed by atoms with van der Waals surface area (Å²) < 4.78 is 40.0. The number of halogens is 1. The van der Waals surface area contributed by atoms with Crippen LogP contribution in [0.4, 0.5) is 10.1 Å². The van der Waals surface area contributed by atoms with E-state index in [9.17, 15) is 13.2 Å². The standard InChI is InChI=1S/C22H25FN4O3S/c1-21(2)19(28)27(4)20(24)26-22(21,3)15-11-13(9-10-16(15)23)25-17-12-31(29,30)18-8-6-5-7-14(17)18/h5-11,17,25H,12H2,1-4H3,(H2,24,26). The molecule has 31 heavy (non-hydrogen) atoms. The number of hydrogen-bond donors (Lipinski definition) is 2. The number of anilines is 1. The van der Waals surface area contributed by atoms with E-state index in [-0.39, 0.29) is 23.2 Å². The van der Waals surface area contributed by atoms with Crippen LogP contribution in [0, 0.1) is 11.2 Å². The molecule has 0 bridgehead atoms. The van der Waals surface area contributed by atoms with Gasteiger partial charge in [0.05, 0.1) is 22.1 Å². The predicted octanol–water partition coefficient (Wildman–Crippen LogP) is 2.79. The maximum Gasteiger partial charge on any atom is 0.237 e. The molecule has 0 saturated carbocycles. The van der Waals surface area contributed by atoms with E-state index in [1.165, 1.54) is 18.0 Å². The summed E-state index contributed by atoms with van der Waals surface area (Å²) in [7, 11) is -1.85. The number of carbonyl (C=O) groups excluding carboxylic acids is 1. The lowest BCUT2D eigenvalue weighted by molar-refractivity contribution is -0.140. The number of amides is 1. The Labute approximate surface area is 181 Å². The second-order valence-electron chi connectivity index (χ2n) is 8.74. The number of fused-ring (bicyclic) bond motifs is 1. The Morgan fingerprint density at radius 3 is 2.58 bits per heavy atom. The van der Waals surface area contributed by atoms with Crippen molar-refractivity contribution in [3.8, 4) is 0 Å². The van der Waals surface area contributed by atoms with Crippen LogP contribution in [0.3, 0.4) is 0 Å². The molecule has 2 heterocycles. The molecule has 0 aromatic heterocycles. The van der Waals surface area contributed by atoms with Crippen LogP contribution in [0.25, 0.3) is 0 Å². The topological polar surface area (TPSA) is 105 Å². The summed E-state index contributed by atoms with van der Waals surface area (Å²) in [5.74, 6) is -0.859. The zero-order valence-corrected chi connectivity index (χ0v) is 18.6. The molecule has 0 radical (unpaired) electrons. The fourth-order valence-electron chi connectivity index (χ4n) is 4.33. The molecule has 2 unspecified atom stereocenters. The van der Waals surface area contributed by atoms with Crippen LogP contribution in [0.2, 0.25) is 0 Å². The number of aliphatic imine (C=N–C) groups is 1. The zero-order chi connectivity index (χ0) is 22.8. The minimum absolute atomic E-state index is 0.0143. The molecule has 1 amide bonds. The maximum absolute atomic E-state index is 15.0. The van der Waals surface area contributed by atoms with Crippen molar-refractivity contribution in [2.75, 3.05) is 18.1 Å². The van der Waals surface area contributed by atoms with Gasteiger partial charge >= 0.3 is 0 Å². The largest absolute Gasteiger partial charge is 0.377 e. The highest BCUT2D eigenvalue weighted by Gasteiger charge is 2.53. The number of carbonyl (C=O) groups is 1. The summed E-state index contributed by atoms with van der Waals surface area (Å²) >= 11 is 0. The maximum atomic E-state index is 15.0. The van der Waals surface area contributed by atoms with E-state index in [2.05, 4.69) is 10.3 Å². The molecule has 0 saturated heterocycles. The summed E-state index contributed by atoms with van der Waals surface area (Å²) in [6.07, 6.45) is 0. The van der Waals surface area contributed by atoms with Gasteiger partial charge in [-0.25, -0.2) is 17.8 Å². The Balaban J connectivity index is 1.77. The van der Waals surface area contributed by atoms with E-state index in [1.54, 1.807) is 57.2 Å². The van der Waals surface area contributed by atoms with Gasteiger partial charge < -0.3 is 11.1 Å². The Kier molecular flexibility index (Phi) is 4.66. The second kappa shape index (κ2) is 6.78. The summed E-state index contributed by atoms with van der Waals surface area (Å²) in [6, 6.07) is 10.8. The number of nitrogens with zero attached hydrogens (tertiary/aromatic N) is 2. The van der Waals surface area contributed by atoms with Crippen LogP contribution in [-0.2, 0) is 20.2 Å². The molecule has 0 spiro atoms. The molecule has 2 aromatic rings. The van der Waals surface area contributed by atoms with Crippen LogP contribution in [0.1, 0.15) is 37.9 Å². The first-order valence-corrected chi connectivity index (χ1v) is 11.6. The van der Waals surface area contributed by atoms with Gasteiger partial charge in [0.15, 0.2) is 15.8 Å². The lowest BCUT2D eigenvalue weighted by Crippen LogP contribution is -2.58. The van der Waals surface area contributed by atoms with Crippen molar-refractivity contribution in [2.24, 2.45) is 16.1 Å². The second-order valence-corrected chi connectivity index (χ2v) is 10.7. The van der Waals surface area contributed by atoms with Crippen molar-refractivity contribution in [1.29, 1.82) is 0 Å². The summed E-state index contributed by atoms with van der Waals surface area (Å²) in [5, 5.41) is 3.21. The fraction of sp³-hybridized carbons (Fsp3) is 0.364. The molecule has 0 fully saturated rings. The van der Waals surface area contributed by atoms with Gasteiger partial charge in [0.2, 0.25) is 5.91 Å². The van der Waals surface area contributed by atoms with Gasteiger partial charge in [-0.05, 0) is 50.6 Å². The molecule has 4 rings (SSSR count). The zero-order valence-electron chi connectivity index (χ0n) is 17.8. The molecule has 0 aliphatic carbocycles. The third-order valence-electron chi connectivity index (χ3n) is 6.59. The smallest absolute Gasteiger partial charge is 0.237 e. The van der Waals surface area contributed by atoms with Crippen LogP contribution >= 0.6 is 0 Å². The fourth-order valence-corrected chi connectivity index (χ4v) is 6.07. The highest BCUT2D eigenvalue weighted by Crippen LogP contribution is 2.48. The molecule has 9 heteroatoms. The molecule has 2 atom stereocenters. The number of nitrogens with one attached hydrogen (secondary N) is 1. The molecular weight excluding hydrogens is 419 g/mol. The van der Waals surface area contributed by atoms with Crippen molar-refractivity contribution in [3.05, 3.63) is 59.4 Å². The van der Waals surface area contributed by atoms with Crippen molar-refractivity contribution < 1.29 is 17.6 Å². The molecule has 2 aromatic carbocycles. The summed E-state index contributed by atoms with van der Waals surface area (Å²) in [6.45, 7) is 5.10. The Morgan fingerprint density at radius 2 is 1.87 bits per heavy atom. The molecular formula is C22H25FN4O3S. The summed E-state index contributed by atoms with van der Waals surface area (Å²) in [5.41, 5.74) is 5.07. The number of benzene rings is 2. The van der Waals surface area contributed by atoms with Gasteiger partial charge in [0, 0.05) is 18.3 Å². The van der Waals surface area contributed by atoms with Gasteiger partial charge in [0.1, 0.15) is 11.4 Å². The van der Waals surface area contributed by atoms with Crippen LogP contribution in [0.15, 0.2) is 52.4 Å². The normalized spacial score (nSPS) is 26.4. The minimum Gasteiger partial charge on any atom is -0.377 e. The number of sulfone groups is 1. The number of rotatable bonds is 3. The Morgan fingerprint density at radius 1 is 1.19 bits per heavy atom. The monoisotopic (exact) mass is 444 g/mol. The third kappa shape index (κ3) is 3.10. The van der Waals surface area contributed by atoms with Crippen molar-refractivity contribution in [2.45, 2.75) is 37.2 Å². The highest BCUT2D eigenvalue weighted by molar-refractivity contribution is 7.91. The van der Waals surface area contributed by atoms with Crippen LogP contribution < -0.4 is 11.1 Å². The molecule has 7 nitrogen and oxygen atoms in total. The van der Waals surface area contributed by atoms with Crippen molar-refractivity contribution >= 4 is 27.4 Å². The lowest BCUT2D eigenvalue weighted by Gasteiger charge is -2.46. The molecule has 2 aliphatic heterocycles. The van der Waals surface area contributed by atoms with Crippen LogP contribution in [-0.4, -0.2) is 38.0 Å². The van der Waals surface area contributed by atoms with E-state index in [0.29, 0.717) is 16.1 Å². The van der Waals surface area contributed by atoms with Crippen LogP contribution in [0.5, 0.6) is 0 Å². The average molecular weight is 445 g/mol. The van der Waals surface area contributed by atoms with Gasteiger partial charge in [-0.15, -0.1) is 0 Å². The minimum atomic E-state index is -3.39. The van der Waals surface area contributed by atoms with Crippen molar-refractivity contribution in [3.63, 3.8) is 0 Å². The SMILES string of the molecule is CN1C(=O)C(C)(C)C(C)(c2cc(NC3CS(=O)(=O)c4ccccc43)ccc2F)N=C1N. The van der Waals surface area contributed by atoms with Gasteiger partial charge in [-0.3, -0.25) is 9.69 Å². The Hall–Kier alpha value is -2.94. The number of guanidine groups is 1. The first-order chi connectivity index (χ1) is 14.4. The molecule has 164 valence electrons. The predicted molar refractivity (Wildman–Crippen MR) is 117 cm³/mol. The van der Waals surface area contributed by atoms with E-state index in [0.717, 1.165) is 0 Å². The van der Waals surface area contributed by atoms with Gasteiger partial charge in [-0.1, -0.05) is 18.2 Å². The number of nitrogens with two attached hydrogens (primary N) is 1. The van der Waals surface area contributed by atoms with Crippen molar-refractivity contribution in [1.82, 2.24) is 4.90 Å². The van der Waals surface area contributed by atoms with Gasteiger partial charge in [0.25, 0.3) is 0 Å². The Bertz CT molecular complexity index is 1230. The quantitative estimate of drug-likeness (QED) is 0.758. The summed E-state index contributed by atoms with van der Waals surface area (Å²) in [4.78, 5) is 19.0. The average Bonchev–Trinajstić information content (AvgIpc) is 2.97. The third-order valence-corrected chi connectivity index (χ3v) is 8.40. The highest BCUT2D eigenvalue weighted by atomic mass is 32.2. The van der Waals surface area contributed by atoms with E-state index >= 15 is 4.39 Å². The van der Waals surface area contributed by atoms with E-state index in [4.69, 9.17) is 5.73 Å². The number of hydrogen-bond acceptors (Lipinski definition) is 6. The molecule has 3 N–H and O–H groups in total.